The molecule has 0 saturated heterocycles. The first-order chi connectivity index (χ1) is 11.2. The normalized spacial score (nSPS) is 13.6. The molecule has 23 heavy (non-hydrogen) atoms. The number of carbonyl (C=O) groups is 1. The lowest BCUT2D eigenvalue weighted by Crippen LogP contribution is -2.28. The molecule has 5 heteroatoms. The fourth-order valence-electron chi connectivity index (χ4n) is 2.40. The summed E-state index contributed by atoms with van der Waals surface area (Å²) in [5, 5.41) is 19.4. The van der Waals surface area contributed by atoms with E-state index in [2.05, 4.69) is 12.1 Å². The minimum atomic E-state index is -0.775. The zero-order chi connectivity index (χ0) is 16.9. The molecule has 0 spiro atoms. The lowest BCUT2D eigenvalue weighted by molar-refractivity contribution is -0.146. The van der Waals surface area contributed by atoms with Crippen molar-refractivity contribution < 1.29 is 14.7 Å². The lowest BCUT2D eigenvalue weighted by atomic mass is 9.95. The second kappa shape index (κ2) is 11.4. The van der Waals surface area contributed by atoms with Crippen LogP contribution in [0.3, 0.4) is 0 Å². The van der Waals surface area contributed by atoms with Gasteiger partial charge in [0.05, 0.1) is 12.1 Å². The number of oxime groups is 1. The van der Waals surface area contributed by atoms with Crippen molar-refractivity contribution in [3.05, 3.63) is 35.9 Å². The highest BCUT2D eigenvalue weighted by atomic mass is 16.5. The Bertz CT molecular complexity index is 488. The molecule has 2 N–H and O–H groups in total. The molecule has 0 bridgehead atoms. The van der Waals surface area contributed by atoms with Crippen LogP contribution in [0.5, 0.6) is 0 Å². The minimum Gasteiger partial charge on any atom is -0.455 e. The molecule has 0 aliphatic carbocycles. The molecule has 0 amide bonds. The Morgan fingerprint density at radius 1 is 1.26 bits per heavy atom. The highest BCUT2D eigenvalue weighted by Gasteiger charge is 2.23. The third-order valence-electron chi connectivity index (χ3n) is 3.68. The second-order valence-corrected chi connectivity index (χ2v) is 5.49. The molecule has 0 aromatic heterocycles. The largest absolute Gasteiger partial charge is 0.455 e. The van der Waals surface area contributed by atoms with Crippen LogP contribution in [0.2, 0.25) is 0 Å². The zero-order valence-electron chi connectivity index (χ0n) is 13.6. The van der Waals surface area contributed by atoms with Gasteiger partial charge in [0.15, 0.2) is 6.10 Å². The van der Waals surface area contributed by atoms with Crippen LogP contribution < -0.4 is 0 Å². The molecule has 1 aromatic rings. The van der Waals surface area contributed by atoms with E-state index in [9.17, 15) is 4.79 Å². The van der Waals surface area contributed by atoms with Crippen LogP contribution in [-0.2, 0) is 9.53 Å². The fourth-order valence-corrected chi connectivity index (χ4v) is 2.40. The minimum absolute atomic E-state index is 0.325. The maximum Gasteiger partial charge on any atom is 0.306 e. The fraction of sp³-hybridized carbons (Fsp3) is 0.500. The predicted molar refractivity (Wildman–Crippen MR) is 91.5 cm³/mol. The Morgan fingerprint density at radius 2 is 1.96 bits per heavy atom. The first-order valence-corrected chi connectivity index (χ1v) is 8.15. The summed E-state index contributed by atoms with van der Waals surface area (Å²) in [4.78, 5) is 12.0. The van der Waals surface area contributed by atoms with Gasteiger partial charge in [0.25, 0.3) is 0 Å². The summed E-state index contributed by atoms with van der Waals surface area (Å²) in [5.41, 5.74) is 0.836. The number of unbranched alkanes of at least 4 members (excludes halogenated alkanes) is 4. The van der Waals surface area contributed by atoms with E-state index in [0.717, 1.165) is 37.5 Å². The summed E-state index contributed by atoms with van der Waals surface area (Å²) in [7, 11) is 0. The first-order valence-electron chi connectivity index (χ1n) is 8.15. The van der Waals surface area contributed by atoms with Crippen molar-refractivity contribution >= 4 is 18.4 Å². The maximum atomic E-state index is 12.0. The Hall–Kier alpha value is -2.17. The van der Waals surface area contributed by atoms with Gasteiger partial charge in [-0.1, -0.05) is 68.1 Å². The van der Waals surface area contributed by atoms with Crippen LogP contribution in [0.4, 0.5) is 0 Å². The van der Waals surface area contributed by atoms with Crippen molar-refractivity contribution in [3.8, 4) is 0 Å². The summed E-state index contributed by atoms with van der Waals surface area (Å²) < 4.78 is 5.41. The van der Waals surface area contributed by atoms with Gasteiger partial charge in [-0.2, -0.15) is 0 Å². The Balaban J connectivity index is 2.59. The molecule has 1 rings (SSSR count). The molecule has 0 radical (unpaired) electrons. The van der Waals surface area contributed by atoms with E-state index in [0.29, 0.717) is 6.42 Å². The van der Waals surface area contributed by atoms with Gasteiger partial charge < -0.3 is 15.4 Å². The van der Waals surface area contributed by atoms with Crippen molar-refractivity contribution in [1.29, 1.82) is 5.41 Å². The molecule has 0 aliphatic heterocycles. The van der Waals surface area contributed by atoms with Crippen molar-refractivity contribution in [3.63, 3.8) is 0 Å². The van der Waals surface area contributed by atoms with Crippen LogP contribution in [0.1, 0.15) is 56.9 Å². The van der Waals surface area contributed by atoms with Gasteiger partial charge in [0.1, 0.15) is 0 Å². The number of rotatable bonds is 11. The first kappa shape index (κ1) is 18.9. The third-order valence-corrected chi connectivity index (χ3v) is 3.68. The molecular formula is C18H26N2O3. The molecule has 1 aromatic carbocycles. The van der Waals surface area contributed by atoms with Crippen LogP contribution in [0.15, 0.2) is 35.5 Å². The van der Waals surface area contributed by atoms with E-state index in [1.54, 1.807) is 0 Å². The van der Waals surface area contributed by atoms with Gasteiger partial charge in [-0.05, 0) is 12.0 Å². The van der Waals surface area contributed by atoms with E-state index >= 15 is 0 Å². The Labute approximate surface area is 137 Å². The number of carbonyl (C=O) groups excluding carboxylic acids is 1. The number of benzene rings is 1. The molecule has 2 unspecified atom stereocenters. The number of hydrogen-bond acceptors (Lipinski definition) is 5. The van der Waals surface area contributed by atoms with E-state index < -0.39 is 12.0 Å². The highest BCUT2D eigenvalue weighted by molar-refractivity contribution is 5.80. The molecule has 0 aliphatic rings. The number of nitrogens with zero attached hydrogens (tertiary/aromatic N) is 1. The average molecular weight is 318 g/mol. The van der Waals surface area contributed by atoms with Crippen molar-refractivity contribution in [2.75, 3.05) is 0 Å². The van der Waals surface area contributed by atoms with Gasteiger partial charge in [-0.15, -0.1) is 0 Å². The van der Waals surface area contributed by atoms with E-state index in [4.69, 9.17) is 15.4 Å². The average Bonchev–Trinajstić information content (AvgIpc) is 2.56. The molecule has 0 saturated carbocycles. The van der Waals surface area contributed by atoms with Gasteiger partial charge in [-0.25, -0.2) is 0 Å². The number of ether oxygens (including phenoxy) is 1. The third kappa shape index (κ3) is 7.08. The van der Waals surface area contributed by atoms with Gasteiger partial charge in [0.2, 0.25) is 0 Å². The summed E-state index contributed by atoms with van der Waals surface area (Å²) in [6, 6.07) is 9.30. The molecule has 5 nitrogen and oxygen atoms in total. The van der Waals surface area contributed by atoms with Crippen LogP contribution in [0, 0.1) is 5.41 Å². The molecule has 0 fully saturated rings. The topological polar surface area (TPSA) is 82.7 Å². The van der Waals surface area contributed by atoms with Crippen LogP contribution in [0.25, 0.3) is 0 Å². The standard InChI is InChI=1S/C18H26N2O3/c1-2-3-4-5-9-12-18(21)23-17(14-20-22)16(13-19)15-10-7-6-8-11-15/h6-8,10-11,13-14,16-17,19,22H,2-5,9,12H2,1H3. The van der Waals surface area contributed by atoms with Gasteiger partial charge in [0, 0.05) is 12.6 Å². The predicted octanol–water partition coefficient (Wildman–Crippen LogP) is 4.15. The second-order valence-electron chi connectivity index (χ2n) is 5.49. The van der Waals surface area contributed by atoms with E-state index in [-0.39, 0.29) is 5.97 Å². The van der Waals surface area contributed by atoms with Crippen LogP contribution >= 0.6 is 0 Å². The number of esters is 1. The quantitative estimate of drug-likeness (QED) is 0.211. The zero-order valence-corrected chi connectivity index (χ0v) is 13.6. The van der Waals surface area contributed by atoms with Crippen molar-refractivity contribution in [2.24, 2.45) is 5.16 Å². The number of hydrogen-bond donors (Lipinski definition) is 2. The molecule has 2 atom stereocenters. The Morgan fingerprint density at radius 3 is 2.57 bits per heavy atom. The summed E-state index contributed by atoms with van der Waals surface area (Å²) in [6.45, 7) is 2.15. The van der Waals surface area contributed by atoms with Crippen molar-refractivity contribution in [2.45, 2.75) is 57.5 Å². The summed E-state index contributed by atoms with van der Waals surface area (Å²) in [6.07, 6.45) is 7.21. The smallest absolute Gasteiger partial charge is 0.306 e. The summed E-state index contributed by atoms with van der Waals surface area (Å²) in [5.74, 6) is -0.787. The van der Waals surface area contributed by atoms with E-state index in [1.807, 2.05) is 30.3 Å². The maximum absolute atomic E-state index is 12.0. The highest BCUT2D eigenvalue weighted by Crippen LogP contribution is 2.20. The molecule has 0 heterocycles. The lowest BCUT2D eigenvalue weighted by Gasteiger charge is -2.20. The Kier molecular flexibility index (Phi) is 9.36. The summed E-state index contributed by atoms with van der Waals surface area (Å²) >= 11 is 0. The molecular weight excluding hydrogens is 292 g/mol. The van der Waals surface area contributed by atoms with Gasteiger partial charge in [-0.3, -0.25) is 4.79 Å². The van der Waals surface area contributed by atoms with Crippen LogP contribution in [-0.4, -0.2) is 29.7 Å². The van der Waals surface area contributed by atoms with Crippen molar-refractivity contribution in [1.82, 2.24) is 0 Å². The molecule has 126 valence electrons. The SMILES string of the molecule is CCCCCCCC(=O)OC(C=NO)C(C=N)c1ccccc1. The van der Waals surface area contributed by atoms with E-state index in [1.165, 1.54) is 12.6 Å². The monoisotopic (exact) mass is 318 g/mol. The number of nitrogens with one attached hydrogen (secondary N) is 1. The van der Waals surface area contributed by atoms with Gasteiger partial charge >= 0.3 is 5.97 Å².